The minimum absolute atomic E-state index is 0.189. The van der Waals surface area contributed by atoms with Gasteiger partial charge in [-0.15, -0.1) is 0 Å². The number of carbonyl (C=O) groups excluding carboxylic acids is 1. The van der Waals surface area contributed by atoms with Gasteiger partial charge in [0.2, 0.25) is 5.91 Å². The van der Waals surface area contributed by atoms with Crippen LogP contribution in [0.2, 0.25) is 0 Å². The van der Waals surface area contributed by atoms with Crippen LogP contribution in [-0.2, 0) is 4.79 Å². The summed E-state index contributed by atoms with van der Waals surface area (Å²) in [6, 6.07) is 3.72. The molecule has 3 rings (SSSR count). The second-order valence-corrected chi connectivity index (χ2v) is 4.99. The highest BCUT2D eigenvalue weighted by Gasteiger charge is 2.28. The number of nitrogens with one attached hydrogen (secondary N) is 2. The van der Waals surface area contributed by atoms with Crippen molar-refractivity contribution >= 4 is 17.8 Å². The van der Waals surface area contributed by atoms with Gasteiger partial charge in [-0.3, -0.25) is 14.9 Å². The first kappa shape index (κ1) is 12.6. The minimum atomic E-state index is -0.189. The molecule has 0 radical (unpaired) electrons. The van der Waals surface area contributed by atoms with Gasteiger partial charge in [-0.1, -0.05) is 6.07 Å². The zero-order chi connectivity index (χ0) is 13.9. The molecule has 1 aliphatic rings. The second-order valence-electron chi connectivity index (χ2n) is 4.99. The summed E-state index contributed by atoms with van der Waals surface area (Å²) in [4.78, 5) is 15.9. The number of amides is 1. The van der Waals surface area contributed by atoms with Crippen LogP contribution in [0.15, 0.2) is 30.6 Å². The lowest BCUT2D eigenvalue weighted by Gasteiger charge is -1.99. The molecule has 0 aromatic carbocycles. The van der Waals surface area contributed by atoms with Crippen LogP contribution < -0.4 is 5.32 Å². The molecule has 2 N–H and O–H groups in total. The topological polar surface area (TPSA) is 70.7 Å². The maximum Gasteiger partial charge on any atom is 0.249 e. The van der Waals surface area contributed by atoms with Gasteiger partial charge in [-0.2, -0.15) is 5.10 Å². The number of carbonyl (C=O) groups is 1. The quantitative estimate of drug-likeness (QED) is 0.837. The van der Waals surface area contributed by atoms with Crippen molar-refractivity contribution < 1.29 is 4.79 Å². The molecule has 1 amide bonds. The molecule has 5 heteroatoms. The van der Waals surface area contributed by atoms with Gasteiger partial charge in [0.1, 0.15) is 0 Å². The molecule has 0 aliphatic heterocycles. The maximum absolute atomic E-state index is 11.9. The number of pyridine rings is 1. The summed E-state index contributed by atoms with van der Waals surface area (Å²) in [5, 5.41) is 9.98. The Kier molecular flexibility index (Phi) is 3.33. The largest absolute Gasteiger partial charge is 0.305 e. The van der Waals surface area contributed by atoms with Crippen LogP contribution in [0.25, 0.3) is 6.08 Å². The highest BCUT2D eigenvalue weighted by molar-refractivity contribution is 6.01. The van der Waals surface area contributed by atoms with Gasteiger partial charge < -0.3 is 5.32 Å². The van der Waals surface area contributed by atoms with Crippen molar-refractivity contribution in [3.63, 3.8) is 0 Å². The number of aromatic nitrogens is 3. The van der Waals surface area contributed by atoms with Crippen molar-refractivity contribution in [1.29, 1.82) is 0 Å². The maximum atomic E-state index is 11.9. The third-order valence-corrected chi connectivity index (χ3v) is 3.39. The lowest BCUT2D eigenvalue weighted by molar-refractivity contribution is -0.111. The van der Waals surface area contributed by atoms with E-state index in [9.17, 15) is 4.79 Å². The van der Waals surface area contributed by atoms with Crippen molar-refractivity contribution in [3.8, 4) is 0 Å². The molecule has 20 heavy (non-hydrogen) atoms. The van der Waals surface area contributed by atoms with E-state index in [1.54, 1.807) is 18.5 Å². The Labute approximate surface area is 117 Å². The number of nitrogens with zero attached hydrogens (tertiary/aromatic N) is 2. The van der Waals surface area contributed by atoms with Gasteiger partial charge in [0, 0.05) is 35.6 Å². The van der Waals surface area contributed by atoms with Crippen LogP contribution in [0, 0.1) is 6.92 Å². The van der Waals surface area contributed by atoms with E-state index in [1.807, 2.05) is 19.1 Å². The van der Waals surface area contributed by atoms with E-state index in [2.05, 4.69) is 20.5 Å². The van der Waals surface area contributed by atoms with E-state index < -0.39 is 0 Å². The summed E-state index contributed by atoms with van der Waals surface area (Å²) < 4.78 is 0. The normalized spacial score (nSPS) is 14.7. The number of anilines is 1. The van der Waals surface area contributed by atoms with E-state index in [0.717, 1.165) is 16.8 Å². The van der Waals surface area contributed by atoms with Gasteiger partial charge in [0.15, 0.2) is 5.82 Å². The van der Waals surface area contributed by atoms with Gasteiger partial charge >= 0.3 is 0 Å². The molecule has 2 aromatic heterocycles. The average molecular weight is 268 g/mol. The van der Waals surface area contributed by atoms with Crippen molar-refractivity contribution in [3.05, 3.63) is 47.4 Å². The molecule has 1 fully saturated rings. The van der Waals surface area contributed by atoms with Crippen LogP contribution in [0.5, 0.6) is 0 Å². The SMILES string of the molecule is Cc1c(NC(=O)/C=C/c2cccnc2)n[nH]c1C1CC1. The summed E-state index contributed by atoms with van der Waals surface area (Å²) in [5.74, 6) is 1.03. The molecular weight excluding hydrogens is 252 g/mol. The molecule has 0 saturated heterocycles. The first-order valence-electron chi connectivity index (χ1n) is 6.68. The Morgan fingerprint density at radius 1 is 1.50 bits per heavy atom. The smallest absolute Gasteiger partial charge is 0.249 e. The summed E-state index contributed by atoms with van der Waals surface area (Å²) >= 11 is 0. The Balaban J connectivity index is 1.65. The van der Waals surface area contributed by atoms with Gasteiger partial charge in [0.05, 0.1) is 0 Å². The standard InChI is InChI=1S/C15H16N4O/c1-10-14(12-5-6-12)18-19-15(10)17-13(20)7-4-11-3-2-8-16-9-11/h2-4,7-9,12H,5-6H2,1H3,(H2,17,18,19,20)/b7-4+. The molecule has 0 unspecified atom stereocenters. The van der Waals surface area contributed by atoms with Crippen LogP contribution >= 0.6 is 0 Å². The molecule has 0 atom stereocenters. The monoisotopic (exact) mass is 268 g/mol. The fourth-order valence-corrected chi connectivity index (χ4v) is 2.11. The first-order valence-corrected chi connectivity index (χ1v) is 6.68. The molecule has 1 aliphatic carbocycles. The molecule has 0 spiro atoms. The first-order chi connectivity index (χ1) is 9.74. The highest BCUT2D eigenvalue weighted by atomic mass is 16.1. The van der Waals surface area contributed by atoms with E-state index in [4.69, 9.17) is 0 Å². The zero-order valence-corrected chi connectivity index (χ0v) is 11.3. The third-order valence-electron chi connectivity index (χ3n) is 3.39. The summed E-state index contributed by atoms with van der Waals surface area (Å²) in [6.45, 7) is 1.98. The zero-order valence-electron chi connectivity index (χ0n) is 11.3. The Hall–Kier alpha value is -2.43. The number of aromatic amines is 1. The Bertz CT molecular complexity index is 641. The number of hydrogen-bond donors (Lipinski definition) is 2. The lowest BCUT2D eigenvalue weighted by atomic mass is 10.2. The van der Waals surface area contributed by atoms with Crippen LogP contribution in [-0.4, -0.2) is 21.1 Å². The molecule has 0 bridgehead atoms. The summed E-state index contributed by atoms with van der Waals surface area (Å²) in [6.07, 6.45) is 9.03. The molecule has 5 nitrogen and oxygen atoms in total. The Morgan fingerprint density at radius 2 is 2.35 bits per heavy atom. The third kappa shape index (κ3) is 2.77. The number of rotatable bonds is 4. The number of H-pyrrole nitrogens is 1. The summed E-state index contributed by atoms with van der Waals surface area (Å²) in [7, 11) is 0. The second kappa shape index (κ2) is 5.28. The van der Waals surface area contributed by atoms with Crippen LogP contribution in [0.3, 0.4) is 0 Å². The molecule has 102 valence electrons. The summed E-state index contributed by atoms with van der Waals surface area (Å²) in [5.41, 5.74) is 3.08. The van der Waals surface area contributed by atoms with E-state index in [0.29, 0.717) is 11.7 Å². The predicted molar refractivity (Wildman–Crippen MR) is 77.2 cm³/mol. The van der Waals surface area contributed by atoms with Crippen molar-refractivity contribution in [1.82, 2.24) is 15.2 Å². The van der Waals surface area contributed by atoms with Crippen molar-refractivity contribution in [2.24, 2.45) is 0 Å². The highest BCUT2D eigenvalue weighted by Crippen LogP contribution is 2.41. The minimum Gasteiger partial charge on any atom is -0.305 e. The molecule has 2 aromatic rings. The van der Waals surface area contributed by atoms with Crippen molar-refractivity contribution in [2.45, 2.75) is 25.7 Å². The lowest BCUT2D eigenvalue weighted by Crippen LogP contribution is -2.09. The fraction of sp³-hybridized carbons (Fsp3) is 0.267. The molecule has 2 heterocycles. The fourth-order valence-electron chi connectivity index (χ4n) is 2.11. The van der Waals surface area contributed by atoms with Gasteiger partial charge in [0.25, 0.3) is 0 Å². The number of hydrogen-bond acceptors (Lipinski definition) is 3. The molecular formula is C15H16N4O. The van der Waals surface area contributed by atoms with E-state index in [1.165, 1.54) is 18.9 Å². The van der Waals surface area contributed by atoms with E-state index >= 15 is 0 Å². The Morgan fingerprint density at radius 3 is 3.05 bits per heavy atom. The molecule has 1 saturated carbocycles. The van der Waals surface area contributed by atoms with Crippen LogP contribution in [0.1, 0.15) is 35.6 Å². The van der Waals surface area contributed by atoms with Crippen molar-refractivity contribution in [2.75, 3.05) is 5.32 Å². The van der Waals surface area contributed by atoms with E-state index in [-0.39, 0.29) is 5.91 Å². The van der Waals surface area contributed by atoms with Crippen LogP contribution in [0.4, 0.5) is 5.82 Å². The predicted octanol–water partition coefficient (Wildman–Crippen LogP) is 2.64. The van der Waals surface area contributed by atoms with Gasteiger partial charge in [-0.25, -0.2) is 0 Å². The average Bonchev–Trinajstić information content (AvgIpc) is 3.24. The van der Waals surface area contributed by atoms with Gasteiger partial charge in [-0.05, 0) is 37.5 Å².